The van der Waals surface area contributed by atoms with Gasteiger partial charge in [-0.2, -0.15) is 0 Å². The van der Waals surface area contributed by atoms with Crippen LogP contribution in [0.1, 0.15) is 19.1 Å². The maximum Gasteiger partial charge on any atom is 0.240 e. The Bertz CT molecular complexity index is 957. The molecule has 0 saturated carbocycles. The predicted molar refractivity (Wildman–Crippen MR) is 95.7 cm³/mol. The molecule has 5 atom stereocenters. The van der Waals surface area contributed by atoms with E-state index in [1.807, 2.05) is 0 Å². The molecule has 28 heavy (non-hydrogen) atoms. The first-order valence-corrected chi connectivity index (χ1v) is 8.80. The van der Waals surface area contributed by atoms with Gasteiger partial charge in [0.1, 0.15) is 24.6 Å². The highest BCUT2D eigenvalue weighted by Crippen LogP contribution is 2.40. The zero-order valence-electron chi connectivity index (χ0n) is 14.8. The quantitative estimate of drug-likeness (QED) is 0.430. The number of amides is 1. The zero-order valence-corrected chi connectivity index (χ0v) is 14.8. The number of imidazole rings is 1. The van der Waals surface area contributed by atoms with E-state index in [1.165, 1.54) is 17.2 Å². The summed E-state index contributed by atoms with van der Waals surface area (Å²) in [5.74, 6) is 2.15. The molecule has 0 radical (unpaired) electrons. The molecule has 0 aromatic carbocycles. The molecular formula is C17H20N6O5. The molecule has 148 valence electrons. The lowest BCUT2D eigenvalue weighted by atomic mass is 9.95. The third-order valence-electron chi connectivity index (χ3n) is 5.34. The van der Waals surface area contributed by atoms with Crippen molar-refractivity contribution in [1.82, 2.24) is 19.5 Å². The van der Waals surface area contributed by atoms with E-state index in [-0.39, 0.29) is 0 Å². The minimum Gasteiger partial charge on any atom is -0.394 e. The molecule has 2 fully saturated rings. The van der Waals surface area contributed by atoms with Gasteiger partial charge in [0.05, 0.1) is 12.9 Å². The number of carbonyl (C=O) groups excluding carboxylic acids is 1. The first-order valence-electron chi connectivity index (χ1n) is 8.80. The molecule has 2 saturated heterocycles. The van der Waals surface area contributed by atoms with Crippen LogP contribution in [-0.4, -0.2) is 77.7 Å². The van der Waals surface area contributed by atoms with Crippen molar-refractivity contribution in [3.05, 3.63) is 12.7 Å². The highest BCUT2D eigenvalue weighted by Gasteiger charge is 2.55. The van der Waals surface area contributed by atoms with Gasteiger partial charge in [0.25, 0.3) is 0 Å². The molecule has 4 rings (SSSR count). The Morgan fingerprint density at radius 1 is 1.46 bits per heavy atom. The number of aliphatic hydroxyl groups is 3. The van der Waals surface area contributed by atoms with Crippen LogP contribution in [0.3, 0.4) is 0 Å². The molecule has 11 heteroatoms. The number of terminal acetylenes is 1. The Morgan fingerprint density at radius 2 is 2.25 bits per heavy atom. The van der Waals surface area contributed by atoms with Crippen LogP contribution >= 0.6 is 0 Å². The van der Waals surface area contributed by atoms with Crippen LogP contribution in [0.15, 0.2) is 12.7 Å². The number of anilines is 1. The zero-order chi connectivity index (χ0) is 20.1. The van der Waals surface area contributed by atoms with Gasteiger partial charge < -0.3 is 30.7 Å². The SMILES string of the molecule is C#C[C@@]1(O)[C@H](O)[C@@H](CO)O[C@H]1n1cnc2c(N3CCCC3C(N)=O)ncnc21. The largest absolute Gasteiger partial charge is 0.394 e. The summed E-state index contributed by atoms with van der Waals surface area (Å²) in [5, 5.41) is 30.4. The van der Waals surface area contributed by atoms with Gasteiger partial charge in [-0.3, -0.25) is 9.36 Å². The van der Waals surface area contributed by atoms with Gasteiger partial charge in [0.15, 0.2) is 28.8 Å². The molecule has 1 amide bonds. The molecule has 2 aromatic rings. The minimum absolute atomic E-state index is 0.296. The summed E-state index contributed by atoms with van der Waals surface area (Å²) in [4.78, 5) is 26.3. The summed E-state index contributed by atoms with van der Waals surface area (Å²) in [6.45, 7) is 0.0642. The Morgan fingerprint density at radius 3 is 2.93 bits per heavy atom. The number of carbonyl (C=O) groups is 1. The molecular weight excluding hydrogens is 368 g/mol. The maximum absolute atomic E-state index is 11.7. The van der Waals surface area contributed by atoms with Crippen LogP contribution in [-0.2, 0) is 9.53 Å². The van der Waals surface area contributed by atoms with Crippen LogP contribution in [0, 0.1) is 12.3 Å². The van der Waals surface area contributed by atoms with Gasteiger partial charge in [-0.15, -0.1) is 6.42 Å². The molecule has 0 aliphatic carbocycles. The van der Waals surface area contributed by atoms with Crippen molar-refractivity contribution in [2.45, 2.75) is 42.9 Å². The fourth-order valence-corrected chi connectivity index (χ4v) is 3.89. The van der Waals surface area contributed by atoms with Crippen molar-refractivity contribution in [3.8, 4) is 12.3 Å². The topological polar surface area (TPSA) is 160 Å². The number of rotatable bonds is 4. The van der Waals surface area contributed by atoms with E-state index in [1.54, 1.807) is 4.90 Å². The summed E-state index contributed by atoms with van der Waals surface area (Å²) in [6.07, 6.45) is 5.73. The van der Waals surface area contributed by atoms with Gasteiger partial charge in [-0.1, -0.05) is 5.92 Å². The van der Waals surface area contributed by atoms with Crippen molar-refractivity contribution in [2.75, 3.05) is 18.1 Å². The lowest BCUT2D eigenvalue weighted by molar-refractivity contribution is -0.119. The number of primary amides is 1. The third-order valence-corrected chi connectivity index (χ3v) is 5.34. The van der Waals surface area contributed by atoms with Gasteiger partial charge in [-0.05, 0) is 12.8 Å². The van der Waals surface area contributed by atoms with Gasteiger partial charge >= 0.3 is 0 Å². The van der Waals surface area contributed by atoms with Crippen molar-refractivity contribution in [2.24, 2.45) is 5.73 Å². The number of nitrogens with two attached hydrogens (primary N) is 1. The molecule has 11 nitrogen and oxygen atoms in total. The van der Waals surface area contributed by atoms with Crippen LogP contribution < -0.4 is 10.6 Å². The average Bonchev–Trinajstić information content (AvgIpc) is 3.39. The molecule has 2 aliphatic rings. The van der Waals surface area contributed by atoms with Gasteiger partial charge in [0, 0.05) is 6.54 Å². The molecule has 5 N–H and O–H groups in total. The van der Waals surface area contributed by atoms with E-state index in [4.69, 9.17) is 16.9 Å². The van der Waals surface area contributed by atoms with E-state index < -0.39 is 42.6 Å². The minimum atomic E-state index is -2.09. The van der Waals surface area contributed by atoms with Crippen LogP contribution in [0.25, 0.3) is 11.2 Å². The Balaban J connectivity index is 1.79. The molecule has 1 unspecified atom stereocenters. The summed E-state index contributed by atoms with van der Waals surface area (Å²) in [6, 6.07) is -0.491. The number of aromatic nitrogens is 4. The van der Waals surface area contributed by atoms with Crippen molar-refractivity contribution in [3.63, 3.8) is 0 Å². The number of hydrogen-bond donors (Lipinski definition) is 4. The summed E-state index contributed by atoms with van der Waals surface area (Å²) in [7, 11) is 0. The lowest BCUT2D eigenvalue weighted by Gasteiger charge is -2.26. The lowest BCUT2D eigenvalue weighted by Crippen LogP contribution is -2.45. The highest BCUT2D eigenvalue weighted by atomic mass is 16.6. The molecule has 2 aliphatic heterocycles. The van der Waals surface area contributed by atoms with Gasteiger partial charge in [0.2, 0.25) is 5.91 Å². The van der Waals surface area contributed by atoms with E-state index in [0.717, 1.165) is 6.42 Å². The molecule has 0 spiro atoms. The molecule has 2 aromatic heterocycles. The fraction of sp³-hybridized carbons (Fsp3) is 0.529. The summed E-state index contributed by atoms with van der Waals surface area (Å²) < 4.78 is 6.97. The maximum atomic E-state index is 11.7. The summed E-state index contributed by atoms with van der Waals surface area (Å²) in [5.41, 5.74) is 4.08. The molecule has 4 heterocycles. The Hall–Kier alpha value is -2.78. The average molecular weight is 388 g/mol. The third kappa shape index (κ3) is 2.54. The first-order chi connectivity index (χ1) is 13.4. The smallest absolute Gasteiger partial charge is 0.240 e. The highest BCUT2D eigenvalue weighted by molar-refractivity contribution is 5.89. The van der Waals surface area contributed by atoms with Crippen molar-refractivity contribution < 1.29 is 24.9 Å². The van der Waals surface area contributed by atoms with E-state index >= 15 is 0 Å². The summed E-state index contributed by atoms with van der Waals surface area (Å²) >= 11 is 0. The fourth-order valence-electron chi connectivity index (χ4n) is 3.89. The van der Waals surface area contributed by atoms with Crippen LogP contribution in [0.2, 0.25) is 0 Å². The predicted octanol–water partition coefficient (Wildman–Crippen LogP) is -2.10. The second-order valence-corrected chi connectivity index (χ2v) is 6.90. The molecule has 0 bridgehead atoms. The second kappa shape index (κ2) is 6.68. The number of hydrogen-bond acceptors (Lipinski definition) is 9. The second-order valence-electron chi connectivity index (χ2n) is 6.90. The van der Waals surface area contributed by atoms with E-state index in [2.05, 4.69) is 20.9 Å². The van der Waals surface area contributed by atoms with E-state index in [0.29, 0.717) is 29.9 Å². The van der Waals surface area contributed by atoms with E-state index in [9.17, 15) is 20.1 Å². The van der Waals surface area contributed by atoms with Crippen LogP contribution in [0.4, 0.5) is 5.82 Å². The Kier molecular flexibility index (Phi) is 4.43. The number of nitrogens with zero attached hydrogens (tertiary/aromatic N) is 5. The standard InChI is InChI=1S/C17H20N6O5/c1-2-17(27)12(25)10(6-24)28-16(17)23-8-21-11-14(19-7-20-15(11)23)22-5-3-4-9(22)13(18)26/h1,7-10,12,16,24-25,27H,3-6H2,(H2,18,26)/t9?,10-,12-,16-,17-/m1/s1. The number of aliphatic hydroxyl groups excluding tert-OH is 2. The number of fused-ring (bicyclic) bond motifs is 1. The van der Waals surface area contributed by atoms with Gasteiger partial charge in [-0.25, -0.2) is 15.0 Å². The number of ether oxygens (including phenoxy) is 1. The normalized spacial score (nSPS) is 32.7. The first kappa shape index (κ1) is 18.6. The Labute approximate surface area is 159 Å². The monoisotopic (exact) mass is 388 g/mol. The van der Waals surface area contributed by atoms with Crippen molar-refractivity contribution in [1.29, 1.82) is 0 Å². The van der Waals surface area contributed by atoms with Crippen molar-refractivity contribution >= 4 is 22.9 Å². The van der Waals surface area contributed by atoms with Crippen LogP contribution in [0.5, 0.6) is 0 Å².